The molecule has 27 heavy (non-hydrogen) atoms. The molecule has 1 aliphatic heterocycles. The summed E-state index contributed by atoms with van der Waals surface area (Å²) in [5, 5.41) is 9.43. The molecule has 1 N–H and O–H groups in total. The highest BCUT2D eigenvalue weighted by atomic mass is 35.5. The number of amides is 1. The van der Waals surface area contributed by atoms with Gasteiger partial charge in [-0.15, -0.1) is 0 Å². The third kappa shape index (κ3) is 4.11. The summed E-state index contributed by atoms with van der Waals surface area (Å²) in [6, 6.07) is 14.2. The number of benzene rings is 2. The largest absolute Gasteiger partial charge is 0.376 e. The van der Waals surface area contributed by atoms with Gasteiger partial charge in [-0.3, -0.25) is 14.6 Å². The van der Waals surface area contributed by atoms with Gasteiger partial charge in [-0.25, -0.2) is 0 Å². The van der Waals surface area contributed by atoms with Crippen molar-refractivity contribution in [3.8, 4) is 0 Å². The van der Waals surface area contributed by atoms with Gasteiger partial charge in [0.15, 0.2) is 5.78 Å². The minimum absolute atomic E-state index is 0.0397. The zero-order valence-corrected chi connectivity index (χ0v) is 16.2. The molecule has 1 aliphatic rings. The lowest BCUT2D eigenvalue weighted by Crippen LogP contribution is -2.33. The molecular formula is C20H21ClN4O2. The number of halogens is 1. The van der Waals surface area contributed by atoms with E-state index in [0.717, 1.165) is 11.4 Å². The predicted molar refractivity (Wildman–Crippen MR) is 110 cm³/mol. The van der Waals surface area contributed by atoms with Gasteiger partial charge in [0.1, 0.15) is 11.8 Å². The molecule has 1 unspecified atom stereocenters. The summed E-state index contributed by atoms with van der Waals surface area (Å²) in [6.45, 7) is 1.51. The lowest BCUT2D eigenvalue weighted by Gasteiger charge is -2.20. The minimum atomic E-state index is -0.485. The second-order valence-corrected chi connectivity index (χ2v) is 7.00. The van der Waals surface area contributed by atoms with Crippen LogP contribution in [0.25, 0.3) is 0 Å². The van der Waals surface area contributed by atoms with Crippen LogP contribution in [-0.4, -0.2) is 37.5 Å². The fourth-order valence-corrected chi connectivity index (χ4v) is 3.15. The molecule has 1 atom stereocenters. The Hall–Kier alpha value is -2.86. The second-order valence-electron chi connectivity index (χ2n) is 6.57. The van der Waals surface area contributed by atoms with E-state index in [-0.39, 0.29) is 18.1 Å². The van der Waals surface area contributed by atoms with Crippen LogP contribution < -0.4 is 15.2 Å². The lowest BCUT2D eigenvalue weighted by molar-refractivity contribution is -0.118. The number of nitrogens with one attached hydrogen (secondary N) is 1. The van der Waals surface area contributed by atoms with Crippen molar-refractivity contribution in [2.75, 3.05) is 29.3 Å². The predicted octanol–water partition coefficient (Wildman–Crippen LogP) is 3.57. The molecule has 0 saturated carbocycles. The van der Waals surface area contributed by atoms with Crippen LogP contribution in [0, 0.1) is 0 Å². The first-order valence-corrected chi connectivity index (χ1v) is 8.95. The number of para-hydroxylation sites is 1. The molecule has 0 aliphatic carbocycles. The molecule has 0 fully saturated rings. The van der Waals surface area contributed by atoms with Crippen LogP contribution in [0.1, 0.15) is 13.3 Å². The van der Waals surface area contributed by atoms with E-state index in [1.165, 1.54) is 6.92 Å². The third-order valence-corrected chi connectivity index (χ3v) is 4.59. The summed E-state index contributed by atoms with van der Waals surface area (Å²) in [7, 11) is 3.77. The van der Waals surface area contributed by atoms with E-state index < -0.39 is 6.04 Å². The molecule has 3 rings (SSSR count). The van der Waals surface area contributed by atoms with Gasteiger partial charge in [-0.2, -0.15) is 5.10 Å². The van der Waals surface area contributed by atoms with Gasteiger partial charge in [-0.1, -0.05) is 29.8 Å². The average Bonchev–Trinajstić information content (AvgIpc) is 3.08. The number of hydrazone groups is 1. The molecule has 0 radical (unpaired) electrons. The van der Waals surface area contributed by atoms with E-state index in [1.807, 2.05) is 55.4 Å². The Bertz CT molecular complexity index is 896. The number of nitrogens with zero attached hydrogens (tertiary/aromatic N) is 3. The molecule has 2 aromatic carbocycles. The van der Waals surface area contributed by atoms with Gasteiger partial charge in [0, 0.05) is 25.5 Å². The first-order chi connectivity index (χ1) is 12.9. The van der Waals surface area contributed by atoms with Crippen LogP contribution in [0.2, 0.25) is 5.02 Å². The summed E-state index contributed by atoms with van der Waals surface area (Å²) < 4.78 is 0. The molecule has 7 heteroatoms. The van der Waals surface area contributed by atoms with Gasteiger partial charge in [0.2, 0.25) is 0 Å². The quantitative estimate of drug-likeness (QED) is 0.855. The van der Waals surface area contributed by atoms with E-state index in [2.05, 4.69) is 10.4 Å². The molecule has 0 spiro atoms. The van der Waals surface area contributed by atoms with Crippen molar-refractivity contribution < 1.29 is 9.59 Å². The van der Waals surface area contributed by atoms with Crippen LogP contribution in [0.4, 0.5) is 17.1 Å². The standard InChI is InChI=1S/C20H21ClN4O2/c1-13(26)19-12-17(23-25(19)15-7-5-4-6-8-15)20(27)22-16-11-14(21)9-10-18(16)24(2)3/h4-11,19H,12H2,1-3H3,(H,22,27). The van der Waals surface area contributed by atoms with Crippen molar-refractivity contribution in [1.29, 1.82) is 0 Å². The number of ketones is 1. The van der Waals surface area contributed by atoms with Crippen molar-refractivity contribution in [2.45, 2.75) is 19.4 Å². The maximum atomic E-state index is 12.8. The maximum Gasteiger partial charge on any atom is 0.272 e. The first-order valence-electron chi connectivity index (χ1n) is 8.57. The average molecular weight is 385 g/mol. The summed E-state index contributed by atoms with van der Waals surface area (Å²) in [6.07, 6.45) is 0.258. The molecule has 1 heterocycles. The van der Waals surface area contributed by atoms with Crippen LogP contribution >= 0.6 is 11.6 Å². The van der Waals surface area contributed by atoms with Crippen LogP contribution in [0.3, 0.4) is 0 Å². The molecule has 1 amide bonds. The van der Waals surface area contributed by atoms with Crippen LogP contribution in [-0.2, 0) is 9.59 Å². The molecule has 0 aromatic heterocycles. The van der Waals surface area contributed by atoms with E-state index in [9.17, 15) is 9.59 Å². The molecule has 0 bridgehead atoms. The summed E-state index contributed by atoms with van der Waals surface area (Å²) in [5.41, 5.74) is 2.51. The Morgan fingerprint density at radius 3 is 2.52 bits per heavy atom. The molecular weight excluding hydrogens is 364 g/mol. The fraction of sp³-hybridized carbons (Fsp3) is 0.250. The number of hydrogen-bond donors (Lipinski definition) is 1. The highest BCUT2D eigenvalue weighted by Crippen LogP contribution is 2.29. The van der Waals surface area contributed by atoms with Gasteiger partial charge in [-0.05, 0) is 37.3 Å². The SMILES string of the molecule is CC(=O)C1CC(C(=O)Nc2cc(Cl)ccc2N(C)C)=NN1c1ccccc1. The van der Waals surface area contributed by atoms with Crippen molar-refractivity contribution in [3.05, 3.63) is 53.6 Å². The van der Waals surface area contributed by atoms with E-state index in [4.69, 9.17) is 11.6 Å². The Labute approximate surface area is 163 Å². The van der Waals surface area contributed by atoms with E-state index in [1.54, 1.807) is 17.1 Å². The number of rotatable bonds is 5. The lowest BCUT2D eigenvalue weighted by atomic mass is 10.1. The minimum Gasteiger partial charge on any atom is -0.376 e. The Morgan fingerprint density at radius 1 is 1.19 bits per heavy atom. The van der Waals surface area contributed by atoms with Crippen molar-refractivity contribution in [3.63, 3.8) is 0 Å². The van der Waals surface area contributed by atoms with E-state index in [0.29, 0.717) is 16.4 Å². The third-order valence-electron chi connectivity index (χ3n) is 4.35. The Balaban J connectivity index is 1.87. The van der Waals surface area contributed by atoms with Crippen molar-refractivity contribution >= 4 is 46.1 Å². The summed E-state index contributed by atoms with van der Waals surface area (Å²) in [4.78, 5) is 26.8. The van der Waals surface area contributed by atoms with Gasteiger partial charge < -0.3 is 10.2 Å². The number of Topliss-reactive ketones (excluding diaryl/α,β-unsaturated/α-hetero) is 1. The highest BCUT2D eigenvalue weighted by Gasteiger charge is 2.34. The normalized spacial score (nSPS) is 16.1. The second kappa shape index (κ2) is 7.80. The number of anilines is 3. The monoisotopic (exact) mass is 384 g/mol. The maximum absolute atomic E-state index is 12.8. The van der Waals surface area contributed by atoms with Gasteiger partial charge in [0.25, 0.3) is 5.91 Å². The molecule has 6 nitrogen and oxygen atoms in total. The van der Waals surface area contributed by atoms with Crippen molar-refractivity contribution in [2.24, 2.45) is 5.10 Å². The van der Waals surface area contributed by atoms with Gasteiger partial charge >= 0.3 is 0 Å². The highest BCUT2D eigenvalue weighted by molar-refractivity contribution is 6.44. The number of carbonyl (C=O) groups excluding carboxylic acids is 2. The van der Waals surface area contributed by atoms with Crippen molar-refractivity contribution in [1.82, 2.24) is 0 Å². The number of hydrogen-bond acceptors (Lipinski definition) is 5. The summed E-state index contributed by atoms with van der Waals surface area (Å²) in [5.74, 6) is -0.382. The van der Waals surface area contributed by atoms with Crippen LogP contribution in [0.15, 0.2) is 53.6 Å². The smallest absolute Gasteiger partial charge is 0.272 e. The molecule has 0 saturated heterocycles. The first kappa shape index (κ1) is 18.9. The van der Waals surface area contributed by atoms with E-state index >= 15 is 0 Å². The molecule has 2 aromatic rings. The number of carbonyl (C=O) groups is 2. The van der Waals surface area contributed by atoms with Crippen LogP contribution in [0.5, 0.6) is 0 Å². The topological polar surface area (TPSA) is 65.0 Å². The van der Waals surface area contributed by atoms with Gasteiger partial charge in [0.05, 0.1) is 17.1 Å². The Kier molecular flexibility index (Phi) is 5.46. The zero-order valence-electron chi connectivity index (χ0n) is 15.4. The summed E-state index contributed by atoms with van der Waals surface area (Å²) >= 11 is 6.08. The fourth-order valence-electron chi connectivity index (χ4n) is 2.98. The Morgan fingerprint density at radius 2 is 1.89 bits per heavy atom. The zero-order chi connectivity index (χ0) is 19.6. The molecule has 140 valence electrons.